The molecule has 112 valence electrons. The molecule has 7 heteroatoms. The van der Waals surface area contributed by atoms with E-state index in [0.29, 0.717) is 23.6 Å². The molecule has 1 aliphatic heterocycles. The van der Waals surface area contributed by atoms with Gasteiger partial charge in [0.15, 0.2) is 0 Å². The Hall–Kier alpha value is -1.44. The third-order valence-corrected chi connectivity index (χ3v) is 3.48. The maximum atomic E-state index is 5.64. The molecule has 2 unspecified atom stereocenters. The fourth-order valence-corrected chi connectivity index (χ4v) is 2.38. The van der Waals surface area contributed by atoms with Gasteiger partial charge < -0.3 is 14.2 Å². The highest BCUT2D eigenvalue weighted by Gasteiger charge is 2.22. The Morgan fingerprint density at radius 3 is 2.95 bits per heavy atom. The number of hydrogen-bond donors (Lipinski definition) is 2. The Bertz CT molecular complexity index is 424. The third-order valence-electron chi connectivity index (χ3n) is 3.48. The van der Waals surface area contributed by atoms with E-state index in [-0.39, 0.29) is 6.04 Å². The summed E-state index contributed by atoms with van der Waals surface area (Å²) in [5.74, 6) is 6.49. The molecule has 2 rings (SSSR count). The van der Waals surface area contributed by atoms with Gasteiger partial charge >= 0.3 is 0 Å². The fourth-order valence-electron chi connectivity index (χ4n) is 2.38. The molecule has 0 aromatic carbocycles. The maximum absolute atomic E-state index is 5.64. The van der Waals surface area contributed by atoms with Crippen LogP contribution in [0.4, 0.5) is 0 Å². The van der Waals surface area contributed by atoms with E-state index in [1.165, 1.54) is 0 Å². The van der Waals surface area contributed by atoms with E-state index in [1.807, 2.05) is 0 Å². The zero-order chi connectivity index (χ0) is 14.4. The van der Waals surface area contributed by atoms with Crippen LogP contribution < -0.4 is 20.7 Å². The number of hydrazine groups is 1. The van der Waals surface area contributed by atoms with E-state index < -0.39 is 0 Å². The van der Waals surface area contributed by atoms with Crippen molar-refractivity contribution in [3.05, 3.63) is 11.9 Å². The molecule has 2 atom stereocenters. The highest BCUT2D eigenvalue weighted by molar-refractivity contribution is 5.25. The summed E-state index contributed by atoms with van der Waals surface area (Å²) in [5.41, 5.74) is 3.46. The lowest BCUT2D eigenvalue weighted by molar-refractivity contribution is 0.0993. The lowest BCUT2D eigenvalue weighted by Gasteiger charge is -2.19. The first-order valence-electron chi connectivity index (χ1n) is 6.81. The molecule has 1 aliphatic rings. The van der Waals surface area contributed by atoms with E-state index in [0.717, 1.165) is 32.3 Å². The first kappa shape index (κ1) is 15.0. The van der Waals surface area contributed by atoms with Crippen molar-refractivity contribution in [2.45, 2.75) is 37.8 Å². The van der Waals surface area contributed by atoms with Crippen LogP contribution in [0.1, 0.15) is 37.4 Å². The van der Waals surface area contributed by atoms with Crippen molar-refractivity contribution in [1.82, 2.24) is 15.4 Å². The van der Waals surface area contributed by atoms with Crippen molar-refractivity contribution in [3.8, 4) is 11.8 Å². The van der Waals surface area contributed by atoms with E-state index >= 15 is 0 Å². The van der Waals surface area contributed by atoms with Crippen LogP contribution in [0.2, 0.25) is 0 Å². The van der Waals surface area contributed by atoms with Crippen LogP contribution in [0.5, 0.6) is 11.8 Å². The lowest BCUT2D eigenvalue weighted by Crippen LogP contribution is -2.30. The van der Waals surface area contributed by atoms with Gasteiger partial charge in [-0.2, -0.15) is 4.98 Å². The molecule has 0 amide bonds. The molecular formula is C13H22N4O3. The number of hydrogen-bond acceptors (Lipinski definition) is 7. The second-order valence-electron chi connectivity index (χ2n) is 4.74. The average molecular weight is 282 g/mol. The number of ether oxygens (including phenoxy) is 3. The van der Waals surface area contributed by atoms with Crippen LogP contribution in [-0.4, -0.2) is 36.9 Å². The predicted octanol–water partition coefficient (Wildman–Crippen LogP) is 0.957. The smallest absolute Gasteiger partial charge is 0.240 e. The molecule has 3 N–H and O–H groups in total. The third kappa shape index (κ3) is 3.56. The van der Waals surface area contributed by atoms with Crippen molar-refractivity contribution in [1.29, 1.82) is 0 Å². The second-order valence-corrected chi connectivity index (χ2v) is 4.74. The summed E-state index contributed by atoms with van der Waals surface area (Å²) in [7, 11) is 3.10. The van der Waals surface area contributed by atoms with Crippen LogP contribution in [0.25, 0.3) is 0 Å². The summed E-state index contributed by atoms with van der Waals surface area (Å²) in [6, 6.07) is -0.118. The SMILES string of the molecule is COc1cnc(C(CCC2CCCO2)NN)c(OC)n1. The molecule has 1 aromatic rings. The molecule has 1 aromatic heterocycles. The zero-order valence-electron chi connectivity index (χ0n) is 12.0. The van der Waals surface area contributed by atoms with Gasteiger partial charge in [-0.25, -0.2) is 4.98 Å². The average Bonchev–Trinajstić information content (AvgIpc) is 3.01. The number of methoxy groups -OCH3 is 2. The molecule has 0 radical (unpaired) electrons. The topological polar surface area (TPSA) is 91.5 Å². The Morgan fingerprint density at radius 1 is 1.50 bits per heavy atom. The van der Waals surface area contributed by atoms with E-state index in [1.54, 1.807) is 20.4 Å². The summed E-state index contributed by atoms with van der Waals surface area (Å²) in [4.78, 5) is 8.57. The highest BCUT2D eigenvalue weighted by atomic mass is 16.5. The number of nitrogens with two attached hydrogens (primary N) is 1. The van der Waals surface area contributed by atoms with Crippen molar-refractivity contribution in [3.63, 3.8) is 0 Å². The van der Waals surface area contributed by atoms with Crippen LogP contribution in [0.3, 0.4) is 0 Å². The largest absolute Gasteiger partial charge is 0.480 e. The Kier molecular flexibility index (Phi) is 5.51. The Labute approximate surface area is 118 Å². The van der Waals surface area contributed by atoms with Gasteiger partial charge in [0, 0.05) is 6.61 Å². The highest BCUT2D eigenvalue weighted by Crippen LogP contribution is 2.28. The van der Waals surface area contributed by atoms with E-state index in [9.17, 15) is 0 Å². The summed E-state index contributed by atoms with van der Waals surface area (Å²) < 4.78 is 15.9. The quantitative estimate of drug-likeness (QED) is 0.568. The Balaban J connectivity index is 2.05. The summed E-state index contributed by atoms with van der Waals surface area (Å²) in [6.45, 7) is 0.858. The molecule has 0 saturated carbocycles. The van der Waals surface area contributed by atoms with Gasteiger partial charge in [-0.3, -0.25) is 11.3 Å². The van der Waals surface area contributed by atoms with Crippen LogP contribution >= 0.6 is 0 Å². The van der Waals surface area contributed by atoms with Gasteiger partial charge in [-0.1, -0.05) is 0 Å². The molecule has 0 aliphatic carbocycles. The second kappa shape index (κ2) is 7.37. The standard InChI is InChI=1S/C13H22N4O3/c1-18-11-8-15-12(13(16-11)19-2)10(17-14)6-5-9-4-3-7-20-9/h8-10,17H,3-7,14H2,1-2H3. The van der Waals surface area contributed by atoms with Crippen molar-refractivity contribution in [2.24, 2.45) is 5.84 Å². The molecule has 2 heterocycles. The minimum absolute atomic E-state index is 0.118. The monoisotopic (exact) mass is 282 g/mol. The molecule has 20 heavy (non-hydrogen) atoms. The number of aromatic nitrogens is 2. The van der Waals surface area contributed by atoms with Crippen LogP contribution in [0, 0.1) is 0 Å². The van der Waals surface area contributed by atoms with Gasteiger partial charge in [0.1, 0.15) is 5.69 Å². The van der Waals surface area contributed by atoms with Crippen molar-refractivity contribution >= 4 is 0 Å². The number of nitrogens with zero attached hydrogens (tertiary/aromatic N) is 2. The molecular weight excluding hydrogens is 260 g/mol. The van der Waals surface area contributed by atoms with Gasteiger partial charge in [0.2, 0.25) is 11.8 Å². The summed E-state index contributed by atoms with van der Waals surface area (Å²) >= 11 is 0. The lowest BCUT2D eigenvalue weighted by atomic mass is 10.0. The van der Waals surface area contributed by atoms with E-state index in [4.69, 9.17) is 20.1 Å². The van der Waals surface area contributed by atoms with Crippen molar-refractivity contribution < 1.29 is 14.2 Å². The first-order valence-corrected chi connectivity index (χ1v) is 6.81. The van der Waals surface area contributed by atoms with Crippen LogP contribution in [-0.2, 0) is 4.74 Å². The first-order chi connectivity index (χ1) is 9.78. The maximum Gasteiger partial charge on any atom is 0.240 e. The van der Waals surface area contributed by atoms with Gasteiger partial charge in [-0.05, 0) is 25.7 Å². The predicted molar refractivity (Wildman–Crippen MR) is 73.4 cm³/mol. The normalized spacial score (nSPS) is 19.9. The number of rotatable bonds is 7. The zero-order valence-corrected chi connectivity index (χ0v) is 12.0. The molecule has 0 bridgehead atoms. The molecule has 1 fully saturated rings. The Morgan fingerprint density at radius 2 is 2.35 bits per heavy atom. The van der Waals surface area contributed by atoms with Gasteiger partial charge in [0.25, 0.3) is 0 Å². The minimum atomic E-state index is -0.118. The molecule has 0 spiro atoms. The summed E-state index contributed by atoms with van der Waals surface area (Å²) in [5, 5.41) is 0. The minimum Gasteiger partial charge on any atom is -0.480 e. The molecule has 1 saturated heterocycles. The van der Waals surface area contributed by atoms with Gasteiger partial charge in [0.05, 0.1) is 32.6 Å². The van der Waals surface area contributed by atoms with Crippen LogP contribution in [0.15, 0.2) is 6.20 Å². The van der Waals surface area contributed by atoms with Gasteiger partial charge in [-0.15, -0.1) is 0 Å². The van der Waals surface area contributed by atoms with E-state index in [2.05, 4.69) is 15.4 Å². The van der Waals surface area contributed by atoms with Crippen molar-refractivity contribution in [2.75, 3.05) is 20.8 Å². The summed E-state index contributed by atoms with van der Waals surface area (Å²) in [6.07, 6.45) is 5.89. The number of nitrogens with one attached hydrogen (secondary N) is 1. The fraction of sp³-hybridized carbons (Fsp3) is 0.692. The molecule has 7 nitrogen and oxygen atoms in total.